The Labute approximate surface area is 107 Å². The van der Waals surface area contributed by atoms with Crippen molar-refractivity contribution in [2.24, 2.45) is 0 Å². The molecule has 1 aliphatic rings. The molecule has 1 heterocycles. The largest absolute Gasteiger partial charge is 0.397 e. The summed E-state index contributed by atoms with van der Waals surface area (Å²) in [4.78, 5) is 11.5. The van der Waals surface area contributed by atoms with Crippen molar-refractivity contribution in [2.75, 3.05) is 31.3 Å². The molecule has 5 heteroatoms. The van der Waals surface area contributed by atoms with Crippen molar-refractivity contribution in [2.45, 2.75) is 18.9 Å². The van der Waals surface area contributed by atoms with Crippen molar-refractivity contribution >= 4 is 17.3 Å². The first-order valence-electron chi connectivity index (χ1n) is 6.16. The molecule has 1 aliphatic heterocycles. The number of ether oxygens (including phenoxy) is 1. The molecule has 98 valence electrons. The molecule has 0 atom stereocenters. The summed E-state index contributed by atoms with van der Waals surface area (Å²) in [6.07, 6.45) is 1.97. The first kappa shape index (κ1) is 12.7. The van der Waals surface area contributed by atoms with Crippen LogP contribution in [0.4, 0.5) is 11.4 Å². The molecule has 1 fully saturated rings. The van der Waals surface area contributed by atoms with Crippen molar-refractivity contribution in [1.29, 1.82) is 0 Å². The van der Waals surface area contributed by atoms with Crippen molar-refractivity contribution in [3.8, 4) is 0 Å². The molecule has 18 heavy (non-hydrogen) atoms. The Morgan fingerprint density at radius 2 is 2.11 bits per heavy atom. The molecule has 0 spiro atoms. The van der Waals surface area contributed by atoms with E-state index in [0.717, 1.165) is 31.7 Å². The zero-order valence-electron chi connectivity index (χ0n) is 10.5. The summed E-state index contributed by atoms with van der Waals surface area (Å²) in [5.41, 5.74) is 8.02. The summed E-state index contributed by atoms with van der Waals surface area (Å²) in [5.74, 6) is -0.126. The molecule has 0 radical (unpaired) electrons. The van der Waals surface area contributed by atoms with Crippen LogP contribution in [0.1, 0.15) is 23.2 Å². The van der Waals surface area contributed by atoms with Crippen LogP contribution in [0.5, 0.6) is 0 Å². The summed E-state index contributed by atoms with van der Waals surface area (Å²) < 4.78 is 5.31. The number of nitrogens with two attached hydrogens (primary N) is 1. The lowest BCUT2D eigenvalue weighted by Crippen LogP contribution is -2.28. The fraction of sp³-hybridized carbons (Fsp3) is 0.462. The maximum atomic E-state index is 11.5. The van der Waals surface area contributed by atoms with E-state index in [9.17, 15) is 4.79 Å². The number of hydrogen-bond acceptors (Lipinski definition) is 4. The van der Waals surface area contributed by atoms with Gasteiger partial charge in [-0.3, -0.25) is 4.79 Å². The van der Waals surface area contributed by atoms with E-state index in [0.29, 0.717) is 17.3 Å². The van der Waals surface area contributed by atoms with Crippen molar-refractivity contribution in [3.05, 3.63) is 23.8 Å². The Morgan fingerprint density at radius 1 is 1.39 bits per heavy atom. The Balaban J connectivity index is 2.07. The minimum absolute atomic E-state index is 0.126. The minimum Gasteiger partial charge on any atom is -0.397 e. The van der Waals surface area contributed by atoms with Crippen LogP contribution < -0.4 is 16.4 Å². The molecular formula is C13H19N3O2. The second-order valence-corrected chi connectivity index (χ2v) is 4.41. The normalized spacial score (nSPS) is 16.3. The maximum absolute atomic E-state index is 11.5. The van der Waals surface area contributed by atoms with Crippen LogP contribution in [0.2, 0.25) is 0 Å². The summed E-state index contributed by atoms with van der Waals surface area (Å²) in [6.45, 7) is 1.57. The second-order valence-electron chi connectivity index (χ2n) is 4.41. The van der Waals surface area contributed by atoms with Crippen LogP contribution in [0.15, 0.2) is 18.2 Å². The topological polar surface area (TPSA) is 76.4 Å². The molecule has 4 N–H and O–H groups in total. The van der Waals surface area contributed by atoms with Crippen LogP contribution in [-0.4, -0.2) is 32.2 Å². The standard InChI is InChI=1S/C13H19N3O2/c1-15-13(17)9-2-3-12(11(14)8-9)16-10-4-6-18-7-5-10/h2-3,8,10,16H,4-7,14H2,1H3,(H,15,17). The molecular weight excluding hydrogens is 230 g/mol. The number of hydrogen-bond donors (Lipinski definition) is 3. The first-order valence-corrected chi connectivity index (χ1v) is 6.16. The third-order valence-electron chi connectivity index (χ3n) is 3.12. The molecule has 0 bridgehead atoms. The van der Waals surface area contributed by atoms with E-state index >= 15 is 0 Å². The van der Waals surface area contributed by atoms with Gasteiger partial charge in [0.2, 0.25) is 0 Å². The van der Waals surface area contributed by atoms with Crippen LogP contribution in [0, 0.1) is 0 Å². The summed E-state index contributed by atoms with van der Waals surface area (Å²) >= 11 is 0. The molecule has 0 aromatic heterocycles. The zero-order valence-corrected chi connectivity index (χ0v) is 10.5. The van der Waals surface area contributed by atoms with Crippen LogP contribution in [-0.2, 0) is 4.74 Å². The van der Waals surface area contributed by atoms with Gasteiger partial charge in [0.1, 0.15) is 0 Å². The van der Waals surface area contributed by atoms with Gasteiger partial charge in [0.15, 0.2) is 0 Å². The van der Waals surface area contributed by atoms with Gasteiger partial charge in [-0.25, -0.2) is 0 Å². The van der Waals surface area contributed by atoms with Gasteiger partial charge in [-0.1, -0.05) is 0 Å². The van der Waals surface area contributed by atoms with Gasteiger partial charge < -0.3 is 21.1 Å². The average Bonchev–Trinajstić information content (AvgIpc) is 2.41. The molecule has 0 unspecified atom stereocenters. The zero-order chi connectivity index (χ0) is 13.0. The lowest BCUT2D eigenvalue weighted by Gasteiger charge is -2.24. The van der Waals surface area contributed by atoms with E-state index in [1.807, 2.05) is 6.07 Å². The van der Waals surface area contributed by atoms with E-state index in [1.54, 1.807) is 19.2 Å². The van der Waals surface area contributed by atoms with E-state index < -0.39 is 0 Å². The smallest absolute Gasteiger partial charge is 0.251 e. The predicted octanol–water partition coefficient (Wildman–Crippen LogP) is 1.22. The van der Waals surface area contributed by atoms with Gasteiger partial charge in [0.05, 0.1) is 11.4 Å². The molecule has 1 saturated heterocycles. The van der Waals surface area contributed by atoms with Crippen molar-refractivity contribution < 1.29 is 9.53 Å². The maximum Gasteiger partial charge on any atom is 0.251 e. The van der Waals surface area contributed by atoms with Crippen molar-refractivity contribution in [1.82, 2.24) is 5.32 Å². The Morgan fingerprint density at radius 3 is 2.72 bits per heavy atom. The highest BCUT2D eigenvalue weighted by molar-refractivity contribution is 5.95. The number of nitrogens with one attached hydrogen (secondary N) is 2. The molecule has 1 amide bonds. The molecule has 0 aliphatic carbocycles. The summed E-state index contributed by atoms with van der Waals surface area (Å²) in [6, 6.07) is 5.72. The number of amides is 1. The number of carbonyl (C=O) groups is 1. The molecule has 1 aromatic rings. The molecule has 2 rings (SSSR count). The van der Waals surface area contributed by atoms with E-state index in [-0.39, 0.29) is 5.91 Å². The monoisotopic (exact) mass is 249 g/mol. The highest BCUT2D eigenvalue weighted by atomic mass is 16.5. The molecule has 1 aromatic carbocycles. The van der Waals surface area contributed by atoms with Crippen LogP contribution in [0.25, 0.3) is 0 Å². The van der Waals surface area contributed by atoms with Gasteiger partial charge in [0, 0.05) is 31.9 Å². The SMILES string of the molecule is CNC(=O)c1ccc(NC2CCOCC2)c(N)c1. The van der Waals surface area contributed by atoms with Gasteiger partial charge in [-0.05, 0) is 31.0 Å². The Kier molecular flexibility index (Phi) is 4.04. The second kappa shape index (κ2) is 5.73. The Bertz CT molecular complexity index is 428. The third kappa shape index (κ3) is 2.92. The fourth-order valence-electron chi connectivity index (χ4n) is 2.04. The van der Waals surface area contributed by atoms with E-state index in [1.165, 1.54) is 0 Å². The van der Waals surface area contributed by atoms with Gasteiger partial charge >= 0.3 is 0 Å². The fourth-order valence-corrected chi connectivity index (χ4v) is 2.04. The number of carbonyl (C=O) groups excluding carboxylic acids is 1. The van der Waals surface area contributed by atoms with Gasteiger partial charge in [-0.2, -0.15) is 0 Å². The lowest BCUT2D eigenvalue weighted by atomic mass is 10.1. The number of rotatable bonds is 3. The van der Waals surface area contributed by atoms with E-state index in [2.05, 4.69) is 10.6 Å². The van der Waals surface area contributed by atoms with Gasteiger partial charge in [0.25, 0.3) is 5.91 Å². The molecule has 0 saturated carbocycles. The summed E-state index contributed by atoms with van der Waals surface area (Å²) in [7, 11) is 1.60. The predicted molar refractivity (Wildman–Crippen MR) is 71.7 cm³/mol. The lowest BCUT2D eigenvalue weighted by molar-refractivity contribution is 0.0904. The van der Waals surface area contributed by atoms with Gasteiger partial charge in [-0.15, -0.1) is 0 Å². The van der Waals surface area contributed by atoms with E-state index in [4.69, 9.17) is 10.5 Å². The minimum atomic E-state index is -0.126. The molecule has 5 nitrogen and oxygen atoms in total. The first-order chi connectivity index (χ1) is 8.70. The van der Waals surface area contributed by atoms with Crippen LogP contribution >= 0.6 is 0 Å². The van der Waals surface area contributed by atoms with Crippen molar-refractivity contribution in [3.63, 3.8) is 0 Å². The number of nitrogen functional groups attached to an aromatic ring is 1. The number of benzene rings is 1. The van der Waals surface area contributed by atoms with Crippen LogP contribution in [0.3, 0.4) is 0 Å². The third-order valence-corrected chi connectivity index (χ3v) is 3.12. The number of anilines is 2. The summed E-state index contributed by atoms with van der Waals surface area (Å²) in [5, 5.41) is 5.97. The average molecular weight is 249 g/mol. The Hall–Kier alpha value is -1.75. The quantitative estimate of drug-likeness (QED) is 0.704. The highest BCUT2D eigenvalue weighted by Gasteiger charge is 2.15. The highest BCUT2D eigenvalue weighted by Crippen LogP contribution is 2.23.